The van der Waals surface area contributed by atoms with Gasteiger partial charge < -0.3 is 10.1 Å². The maximum Gasteiger partial charge on any atom is 0.269 e. The standard InChI is InChI=1S/C25H21N3O4/c1-17-3-12-24(18(2)13-17)27-25(29)16-32-23-10-4-19(5-11-23)14-21(15-26)20-6-8-22(9-7-20)28(30)31/h3-14H,16H2,1-2H3,(H,27,29). The predicted octanol–water partition coefficient (Wildman–Crippen LogP) is 5.29. The summed E-state index contributed by atoms with van der Waals surface area (Å²) < 4.78 is 5.55. The molecule has 0 bridgehead atoms. The molecule has 0 unspecified atom stereocenters. The first-order valence-corrected chi connectivity index (χ1v) is 9.82. The summed E-state index contributed by atoms with van der Waals surface area (Å²) in [6.45, 7) is 3.79. The number of allylic oxidation sites excluding steroid dienone is 1. The molecular formula is C25H21N3O4. The van der Waals surface area contributed by atoms with Crippen LogP contribution in [-0.4, -0.2) is 17.4 Å². The van der Waals surface area contributed by atoms with Gasteiger partial charge in [-0.05, 0) is 66.9 Å². The number of hydrogen-bond acceptors (Lipinski definition) is 5. The van der Waals surface area contributed by atoms with E-state index in [1.54, 1.807) is 42.5 Å². The van der Waals surface area contributed by atoms with Crippen LogP contribution in [0.15, 0.2) is 66.7 Å². The normalized spacial score (nSPS) is 10.8. The van der Waals surface area contributed by atoms with Crippen molar-refractivity contribution in [3.05, 3.63) is 99.1 Å². The van der Waals surface area contributed by atoms with E-state index in [0.717, 1.165) is 22.4 Å². The maximum atomic E-state index is 12.2. The van der Waals surface area contributed by atoms with Crippen molar-refractivity contribution in [3.8, 4) is 11.8 Å². The lowest BCUT2D eigenvalue weighted by Gasteiger charge is -2.10. The van der Waals surface area contributed by atoms with Crippen molar-refractivity contribution < 1.29 is 14.5 Å². The van der Waals surface area contributed by atoms with Crippen molar-refractivity contribution in [3.63, 3.8) is 0 Å². The number of carbonyl (C=O) groups excluding carboxylic acids is 1. The summed E-state index contributed by atoms with van der Waals surface area (Å²) in [5.41, 5.74) is 4.54. The van der Waals surface area contributed by atoms with Crippen LogP contribution in [0, 0.1) is 35.3 Å². The number of ether oxygens (including phenoxy) is 1. The van der Waals surface area contributed by atoms with E-state index in [0.29, 0.717) is 16.9 Å². The van der Waals surface area contributed by atoms with Crippen molar-refractivity contribution in [2.75, 3.05) is 11.9 Å². The van der Waals surface area contributed by atoms with Crippen molar-refractivity contribution in [1.29, 1.82) is 5.26 Å². The van der Waals surface area contributed by atoms with Crippen LogP contribution < -0.4 is 10.1 Å². The number of benzene rings is 3. The summed E-state index contributed by atoms with van der Waals surface area (Å²) in [5.74, 6) is 0.262. The summed E-state index contributed by atoms with van der Waals surface area (Å²) in [6.07, 6.45) is 1.68. The van der Waals surface area contributed by atoms with Gasteiger partial charge in [0.05, 0.1) is 16.6 Å². The van der Waals surface area contributed by atoms with Crippen molar-refractivity contribution in [1.82, 2.24) is 0 Å². The molecule has 160 valence electrons. The molecule has 1 amide bonds. The molecule has 0 aliphatic rings. The number of nitrogens with one attached hydrogen (secondary N) is 1. The molecule has 32 heavy (non-hydrogen) atoms. The van der Waals surface area contributed by atoms with Crippen LogP contribution in [0.5, 0.6) is 5.75 Å². The molecule has 0 radical (unpaired) electrons. The Balaban J connectivity index is 1.62. The summed E-state index contributed by atoms with van der Waals surface area (Å²) in [7, 11) is 0. The van der Waals surface area contributed by atoms with Crippen molar-refractivity contribution in [2.45, 2.75) is 13.8 Å². The Morgan fingerprint density at radius 1 is 1.09 bits per heavy atom. The number of nitro benzene ring substituents is 1. The molecule has 7 heteroatoms. The zero-order chi connectivity index (χ0) is 23.1. The highest BCUT2D eigenvalue weighted by atomic mass is 16.6. The van der Waals surface area contributed by atoms with Crippen molar-refractivity contribution in [2.24, 2.45) is 0 Å². The van der Waals surface area contributed by atoms with E-state index in [2.05, 4.69) is 11.4 Å². The third kappa shape index (κ3) is 5.80. The van der Waals surface area contributed by atoms with Gasteiger partial charge in [-0.2, -0.15) is 5.26 Å². The third-order valence-electron chi connectivity index (χ3n) is 4.73. The van der Waals surface area contributed by atoms with Gasteiger partial charge in [-0.3, -0.25) is 14.9 Å². The van der Waals surface area contributed by atoms with Gasteiger partial charge in [0, 0.05) is 17.8 Å². The van der Waals surface area contributed by atoms with E-state index in [4.69, 9.17) is 4.74 Å². The SMILES string of the molecule is Cc1ccc(NC(=O)COc2ccc(C=C(C#N)c3ccc([N+](=O)[O-])cc3)cc2)c(C)c1. The Labute approximate surface area is 185 Å². The minimum Gasteiger partial charge on any atom is -0.484 e. The molecule has 0 aromatic heterocycles. The van der Waals surface area contributed by atoms with Crippen LogP contribution in [-0.2, 0) is 4.79 Å². The molecule has 3 aromatic rings. The Hall–Kier alpha value is -4.44. The first kappa shape index (κ1) is 22.2. The molecule has 0 fully saturated rings. The lowest BCUT2D eigenvalue weighted by molar-refractivity contribution is -0.384. The number of nitro groups is 1. The van der Waals surface area contributed by atoms with Gasteiger partial charge in [-0.15, -0.1) is 0 Å². The van der Waals surface area contributed by atoms with Gasteiger partial charge in [-0.25, -0.2) is 0 Å². The fourth-order valence-electron chi connectivity index (χ4n) is 3.06. The minimum atomic E-state index is -0.486. The van der Waals surface area contributed by atoms with Crippen molar-refractivity contribution >= 4 is 28.9 Å². The fourth-order valence-corrected chi connectivity index (χ4v) is 3.06. The van der Waals surface area contributed by atoms with E-state index in [1.165, 1.54) is 12.1 Å². The number of hydrogen-bond donors (Lipinski definition) is 1. The summed E-state index contributed by atoms with van der Waals surface area (Å²) in [6, 6.07) is 20.6. The van der Waals surface area contributed by atoms with E-state index in [-0.39, 0.29) is 18.2 Å². The average Bonchev–Trinajstić information content (AvgIpc) is 2.79. The zero-order valence-electron chi connectivity index (χ0n) is 17.7. The quantitative estimate of drug-likeness (QED) is 0.239. The molecule has 0 atom stereocenters. The minimum absolute atomic E-state index is 0.0332. The average molecular weight is 427 g/mol. The van der Waals surface area contributed by atoms with E-state index < -0.39 is 4.92 Å². The Bertz CT molecular complexity index is 1210. The summed E-state index contributed by atoms with van der Waals surface area (Å²) in [4.78, 5) is 22.5. The smallest absolute Gasteiger partial charge is 0.269 e. The molecule has 0 saturated heterocycles. The molecule has 0 heterocycles. The highest BCUT2D eigenvalue weighted by Crippen LogP contribution is 2.22. The summed E-state index contributed by atoms with van der Waals surface area (Å²) >= 11 is 0. The second-order valence-corrected chi connectivity index (χ2v) is 7.20. The van der Waals surface area contributed by atoms with Crippen LogP contribution in [0.4, 0.5) is 11.4 Å². The number of carbonyl (C=O) groups is 1. The van der Waals surface area contributed by atoms with Gasteiger partial charge in [0.15, 0.2) is 6.61 Å². The van der Waals surface area contributed by atoms with Gasteiger partial charge in [-0.1, -0.05) is 29.8 Å². The molecule has 0 spiro atoms. The molecule has 0 saturated carbocycles. The van der Waals surface area contributed by atoms with Crippen LogP contribution in [0.25, 0.3) is 11.6 Å². The molecular weight excluding hydrogens is 406 g/mol. The second kappa shape index (κ2) is 10.0. The van der Waals surface area contributed by atoms with Gasteiger partial charge >= 0.3 is 0 Å². The topological polar surface area (TPSA) is 105 Å². The molecule has 3 rings (SSSR count). The second-order valence-electron chi connectivity index (χ2n) is 7.20. The first-order valence-electron chi connectivity index (χ1n) is 9.82. The number of aryl methyl sites for hydroxylation is 2. The fraction of sp³-hybridized carbons (Fsp3) is 0.120. The lowest BCUT2D eigenvalue weighted by Crippen LogP contribution is -2.20. The number of nitrogens with zero attached hydrogens (tertiary/aromatic N) is 2. The monoisotopic (exact) mass is 427 g/mol. The third-order valence-corrected chi connectivity index (χ3v) is 4.73. The van der Waals surface area contributed by atoms with Crippen LogP contribution in [0.1, 0.15) is 22.3 Å². The van der Waals surface area contributed by atoms with E-state index >= 15 is 0 Å². The zero-order valence-corrected chi connectivity index (χ0v) is 17.7. The number of amides is 1. The maximum absolute atomic E-state index is 12.2. The Morgan fingerprint density at radius 2 is 1.78 bits per heavy atom. The molecule has 0 aliphatic heterocycles. The number of non-ortho nitro benzene ring substituents is 1. The van der Waals surface area contributed by atoms with Gasteiger partial charge in [0.1, 0.15) is 5.75 Å². The lowest BCUT2D eigenvalue weighted by atomic mass is 10.0. The Morgan fingerprint density at radius 3 is 2.38 bits per heavy atom. The Kier molecular flexibility index (Phi) is 6.99. The molecule has 3 aromatic carbocycles. The largest absolute Gasteiger partial charge is 0.484 e. The molecule has 7 nitrogen and oxygen atoms in total. The molecule has 1 N–H and O–H groups in total. The summed E-state index contributed by atoms with van der Waals surface area (Å²) in [5, 5.41) is 23.1. The number of rotatable bonds is 7. The van der Waals surface area contributed by atoms with E-state index in [1.807, 2.05) is 32.0 Å². The highest BCUT2D eigenvalue weighted by Gasteiger charge is 2.08. The number of nitriles is 1. The highest BCUT2D eigenvalue weighted by molar-refractivity contribution is 5.92. The van der Waals surface area contributed by atoms with Gasteiger partial charge in [0.2, 0.25) is 0 Å². The van der Waals surface area contributed by atoms with E-state index in [9.17, 15) is 20.2 Å². The number of anilines is 1. The first-order chi connectivity index (χ1) is 15.4. The van der Waals surface area contributed by atoms with Gasteiger partial charge in [0.25, 0.3) is 11.6 Å². The van der Waals surface area contributed by atoms with Crippen LogP contribution >= 0.6 is 0 Å². The molecule has 0 aliphatic carbocycles. The van der Waals surface area contributed by atoms with Crippen LogP contribution in [0.2, 0.25) is 0 Å². The predicted molar refractivity (Wildman–Crippen MR) is 123 cm³/mol. The van der Waals surface area contributed by atoms with Crippen LogP contribution in [0.3, 0.4) is 0 Å².